The smallest absolute Gasteiger partial charge is 0.312 e. The first kappa shape index (κ1) is 14.3. The van der Waals surface area contributed by atoms with Gasteiger partial charge >= 0.3 is 6.03 Å². The standard InChI is InChI=1S/C14H19N3O3/c15-13(20)16-7-10-1-3-11(4-2-10)12(19)17-8-14(9-18)5-6-14/h1-4,18H,5-9H2,(H,17,19)(H3,15,16,20). The third-order valence-electron chi connectivity index (χ3n) is 3.60. The van der Waals surface area contributed by atoms with E-state index in [4.69, 9.17) is 5.73 Å². The largest absolute Gasteiger partial charge is 0.396 e. The number of primary amides is 1. The Labute approximate surface area is 117 Å². The molecule has 0 spiro atoms. The molecule has 0 bridgehead atoms. The lowest BCUT2D eigenvalue weighted by molar-refractivity contribution is 0.0935. The van der Waals surface area contributed by atoms with Crippen molar-refractivity contribution in [2.45, 2.75) is 19.4 Å². The number of amides is 3. The minimum atomic E-state index is -0.578. The van der Waals surface area contributed by atoms with Crippen LogP contribution in [0.15, 0.2) is 24.3 Å². The summed E-state index contributed by atoms with van der Waals surface area (Å²) in [5, 5.41) is 14.5. The summed E-state index contributed by atoms with van der Waals surface area (Å²) in [6.45, 7) is 0.961. The molecule has 1 fully saturated rings. The third kappa shape index (κ3) is 3.71. The van der Waals surface area contributed by atoms with Crippen molar-refractivity contribution in [3.8, 4) is 0 Å². The van der Waals surface area contributed by atoms with Crippen molar-refractivity contribution in [2.75, 3.05) is 13.2 Å². The quantitative estimate of drug-likeness (QED) is 0.603. The van der Waals surface area contributed by atoms with Crippen LogP contribution in [-0.4, -0.2) is 30.2 Å². The van der Waals surface area contributed by atoms with Gasteiger partial charge in [-0.3, -0.25) is 4.79 Å². The molecule has 1 aromatic carbocycles. The Hall–Kier alpha value is -2.08. The molecule has 1 aliphatic rings. The van der Waals surface area contributed by atoms with Gasteiger partial charge in [0.25, 0.3) is 5.91 Å². The fourth-order valence-corrected chi connectivity index (χ4v) is 1.90. The molecule has 0 unspecified atom stereocenters. The zero-order valence-electron chi connectivity index (χ0n) is 11.2. The van der Waals surface area contributed by atoms with Gasteiger partial charge in [-0.1, -0.05) is 12.1 Å². The molecule has 3 amide bonds. The summed E-state index contributed by atoms with van der Waals surface area (Å²) < 4.78 is 0. The highest BCUT2D eigenvalue weighted by atomic mass is 16.3. The van der Waals surface area contributed by atoms with Crippen molar-refractivity contribution in [3.05, 3.63) is 35.4 Å². The lowest BCUT2D eigenvalue weighted by Gasteiger charge is -2.12. The van der Waals surface area contributed by atoms with Crippen molar-refractivity contribution in [2.24, 2.45) is 11.1 Å². The van der Waals surface area contributed by atoms with E-state index in [-0.39, 0.29) is 17.9 Å². The van der Waals surface area contributed by atoms with Crippen molar-refractivity contribution in [1.82, 2.24) is 10.6 Å². The molecule has 0 aromatic heterocycles. The predicted molar refractivity (Wildman–Crippen MR) is 74.0 cm³/mol. The number of rotatable bonds is 6. The summed E-state index contributed by atoms with van der Waals surface area (Å²) in [7, 11) is 0. The summed E-state index contributed by atoms with van der Waals surface area (Å²) in [6, 6.07) is 6.36. The molecule has 0 saturated heterocycles. The monoisotopic (exact) mass is 277 g/mol. The minimum Gasteiger partial charge on any atom is -0.396 e. The molecule has 0 aliphatic heterocycles. The Balaban J connectivity index is 1.85. The molecular weight excluding hydrogens is 258 g/mol. The molecule has 0 heterocycles. The first-order valence-electron chi connectivity index (χ1n) is 6.56. The van der Waals surface area contributed by atoms with Gasteiger partial charge < -0.3 is 21.5 Å². The fraction of sp³-hybridized carbons (Fsp3) is 0.429. The van der Waals surface area contributed by atoms with E-state index in [0.29, 0.717) is 18.7 Å². The molecule has 1 saturated carbocycles. The van der Waals surface area contributed by atoms with Gasteiger partial charge in [0.05, 0.1) is 6.61 Å². The molecule has 1 aromatic rings. The number of urea groups is 1. The SMILES string of the molecule is NC(=O)NCc1ccc(C(=O)NCC2(CO)CC2)cc1. The summed E-state index contributed by atoms with van der Waals surface area (Å²) >= 11 is 0. The summed E-state index contributed by atoms with van der Waals surface area (Å²) in [4.78, 5) is 22.5. The molecule has 0 atom stereocenters. The molecule has 5 N–H and O–H groups in total. The molecular formula is C14H19N3O3. The van der Waals surface area contributed by atoms with Crippen LogP contribution in [0.25, 0.3) is 0 Å². The van der Waals surface area contributed by atoms with Crippen molar-refractivity contribution >= 4 is 11.9 Å². The summed E-state index contributed by atoms with van der Waals surface area (Å²) in [5.74, 6) is -0.154. The Kier molecular flexibility index (Phi) is 4.24. The maximum absolute atomic E-state index is 11.9. The zero-order valence-corrected chi connectivity index (χ0v) is 11.2. The Bertz CT molecular complexity index is 495. The third-order valence-corrected chi connectivity index (χ3v) is 3.60. The maximum atomic E-state index is 11.9. The van der Waals surface area contributed by atoms with Crippen LogP contribution in [0, 0.1) is 5.41 Å². The minimum absolute atomic E-state index is 0.0962. The Morgan fingerprint density at radius 3 is 2.35 bits per heavy atom. The second-order valence-corrected chi connectivity index (χ2v) is 5.26. The molecule has 6 nitrogen and oxygen atoms in total. The first-order chi connectivity index (χ1) is 9.54. The molecule has 2 rings (SSSR count). The van der Waals surface area contributed by atoms with Crippen LogP contribution in [-0.2, 0) is 6.54 Å². The molecule has 1 aliphatic carbocycles. The lowest BCUT2D eigenvalue weighted by atomic mass is 10.1. The molecule has 6 heteroatoms. The van der Waals surface area contributed by atoms with Crippen molar-refractivity contribution < 1.29 is 14.7 Å². The number of benzene rings is 1. The maximum Gasteiger partial charge on any atom is 0.312 e. The van der Waals surface area contributed by atoms with E-state index in [0.717, 1.165) is 18.4 Å². The number of hydrogen-bond acceptors (Lipinski definition) is 3. The van der Waals surface area contributed by atoms with Crippen LogP contribution in [0.3, 0.4) is 0 Å². The van der Waals surface area contributed by atoms with Crippen molar-refractivity contribution in [1.29, 1.82) is 0 Å². The van der Waals surface area contributed by atoms with Crippen LogP contribution in [0.4, 0.5) is 4.79 Å². The van der Waals surface area contributed by atoms with E-state index < -0.39 is 6.03 Å². The lowest BCUT2D eigenvalue weighted by Crippen LogP contribution is -2.31. The van der Waals surface area contributed by atoms with Gasteiger partial charge in [-0.15, -0.1) is 0 Å². The summed E-state index contributed by atoms with van der Waals surface area (Å²) in [5.41, 5.74) is 6.31. The number of carbonyl (C=O) groups excluding carboxylic acids is 2. The van der Waals surface area contributed by atoms with Crippen LogP contribution in [0.5, 0.6) is 0 Å². The number of hydrogen-bond donors (Lipinski definition) is 4. The van der Waals surface area contributed by atoms with E-state index in [1.54, 1.807) is 24.3 Å². The van der Waals surface area contributed by atoms with Crippen LogP contribution < -0.4 is 16.4 Å². The van der Waals surface area contributed by atoms with Gasteiger partial charge in [-0.25, -0.2) is 4.79 Å². The van der Waals surface area contributed by atoms with Gasteiger partial charge in [-0.05, 0) is 30.5 Å². The van der Waals surface area contributed by atoms with E-state index in [9.17, 15) is 14.7 Å². The average Bonchev–Trinajstić information content (AvgIpc) is 3.24. The van der Waals surface area contributed by atoms with Crippen LogP contribution in [0.1, 0.15) is 28.8 Å². The normalized spacial score (nSPS) is 15.4. The van der Waals surface area contributed by atoms with Crippen molar-refractivity contribution in [3.63, 3.8) is 0 Å². The Morgan fingerprint density at radius 1 is 1.20 bits per heavy atom. The van der Waals surface area contributed by atoms with Gasteiger partial charge in [-0.2, -0.15) is 0 Å². The summed E-state index contributed by atoms with van der Waals surface area (Å²) in [6.07, 6.45) is 1.92. The molecule has 0 radical (unpaired) electrons. The number of aliphatic hydroxyl groups is 1. The van der Waals surface area contributed by atoms with Gasteiger partial charge in [0, 0.05) is 24.1 Å². The number of nitrogens with two attached hydrogens (primary N) is 1. The highest BCUT2D eigenvalue weighted by Crippen LogP contribution is 2.44. The predicted octanol–water partition coefficient (Wildman–Crippen LogP) is 0.357. The Morgan fingerprint density at radius 2 is 1.85 bits per heavy atom. The van der Waals surface area contributed by atoms with Gasteiger partial charge in [0.1, 0.15) is 0 Å². The van der Waals surface area contributed by atoms with Gasteiger partial charge in [0.15, 0.2) is 0 Å². The van der Waals surface area contributed by atoms with Gasteiger partial charge in [0.2, 0.25) is 0 Å². The van der Waals surface area contributed by atoms with E-state index >= 15 is 0 Å². The number of carbonyl (C=O) groups is 2. The molecule has 108 valence electrons. The second-order valence-electron chi connectivity index (χ2n) is 5.26. The molecule has 20 heavy (non-hydrogen) atoms. The number of aliphatic hydroxyl groups excluding tert-OH is 1. The zero-order chi connectivity index (χ0) is 14.6. The highest BCUT2D eigenvalue weighted by Gasteiger charge is 2.42. The van der Waals surface area contributed by atoms with E-state index in [1.807, 2.05) is 0 Å². The fourth-order valence-electron chi connectivity index (χ4n) is 1.90. The topological polar surface area (TPSA) is 104 Å². The van der Waals surface area contributed by atoms with Crippen LogP contribution in [0.2, 0.25) is 0 Å². The second kappa shape index (κ2) is 5.92. The average molecular weight is 277 g/mol. The number of nitrogens with one attached hydrogen (secondary N) is 2. The first-order valence-corrected chi connectivity index (χ1v) is 6.56. The highest BCUT2D eigenvalue weighted by molar-refractivity contribution is 5.94. The van der Waals surface area contributed by atoms with E-state index in [1.165, 1.54) is 0 Å². The van der Waals surface area contributed by atoms with E-state index in [2.05, 4.69) is 10.6 Å². The van der Waals surface area contributed by atoms with Crippen LogP contribution >= 0.6 is 0 Å².